The van der Waals surface area contributed by atoms with E-state index in [0.717, 1.165) is 0 Å². The Morgan fingerprint density at radius 3 is 2.69 bits per heavy atom. The first-order valence-corrected chi connectivity index (χ1v) is 5.12. The summed E-state index contributed by atoms with van der Waals surface area (Å²) in [5.74, 6) is -0.537. The van der Waals surface area contributed by atoms with Crippen molar-refractivity contribution in [3.8, 4) is 0 Å². The van der Waals surface area contributed by atoms with Crippen LogP contribution in [0.1, 0.15) is 27.2 Å². The van der Waals surface area contributed by atoms with E-state index in [1.807, 2.05) is 0 Å². The summed E-state index contributed by atoms with van der Waals surface area (Å²) in [6.45, 7) is 4.96. The molecule has 6 heteroatoms. The van der Waals surface area contributed by atoms with Gasteiger partial charge in [-0.1, -0.05) is 0 Å². The molecular weight excluding hydrogens is 214 g/mol. The Hall–Kier alpha value is -1.30. The Kier molecular flexibility index (Phi) is 3.74. The highest BCUT2D eigenvalue weighted by molar-refractivity contribution is 5.83. The van der Waals surface area contributed by atoms with Gasteiger partial charge in [0.15, 0.2) is 0 Å². The van der Waals surface area contributed by atoms with E-state index >= 15 is 0 Å². The number of hydrogen-bond acceptors (Lipinski definition) is 5. The van der Waals surface area contributed by atoms with Gasteiger partial charge >= 0.3 is 12.1 Å². The molecule has 2 atom stereocenters. The van der Waals surface area contributed by atoms with Crippen molar-refractivity contribution < 1.29 is 24.2 Å². The van der Waals surface area contributed by atoms with Gasteiger partial charge in [0.25, 0.3) is 0 Å². The normalized spacial score (nSPS) is 25.1. The number of carbonyl (C=O) groups is 2. The van der Waals surface area contributed by atoms with Crippen LogP contribution in [0.15, 0.2) is 0 Å². The van der Waals surface area contributed by atoms with Crippen LogP contribution < -0.4 is 5.32 Å². The molecule has 0 aromatic carbocycles. The molecule has 0 bridgehead atoms. The second-order valence-electron chi connectivity index (χ2n) is 4.68. The molecule has 1 fully saturated rings. The van der Waals surface area contributed by atoms with Crippen molar-refractivity contribution in [2.24, 2.45) is 0 Å². The lowest BCUT2D eigenvalue weighted by molar-refractivity contribution is -0.144. The first kappa shape index (κ1) is 12.8. The number of alkyl carbamates (subject to hydrolysis) is 1. The highest BCUT2D eigenvalue weighted by Gasteiger charge is 2.35. The average molecular weight is 231 g/mol. The zero-order valence-electron chi connectivity index (χ0n) is 9.65. The number of aliphatic hydroxyl groups is 1. The molecule has 16 heavy (non-hydrogen) atoms. The first-order valence-electron chi connectivity index (χ1n) is 5.12. The van der Waals surface area contributed by atoms with Gasteiger partial charge in [-0.2, -0.15) is 0 Å². The molecule has 1 rings (SSSR count). The summed E-state index contributed by atoms with van der Waals surface area (Å²) in [7, 11) is 0. The monoisotopic (exact) mass is 231 g/mol. The van der Waals surface area contributed by atoms with Gasteiger partial charge in [0.1, 0.15) is 17.7 Å². The molecule has 1 amide bonds. The molecule has 0 radical (unpaired) electrons. The molecule has 1 heterocycles. The van der Waals surface area contributed by atoms with Crippen molar-refractivity contribution >= 4 is 12.1 Å². The second-order valence-corrected chi connectivity index (χ2v) is 4.68. The Balaban J connectivity index is 2.43. The number of ether oxygens (including phenoxy) is 2. The van der Waals surface area contributed by atoms with E-state index in [1.54, 1.807) is 20.8 Å². The molecule has 0 unspecified atom stereocenters. The van der Waals surface area contributed by atoms with Gasteiger partial charge in [0.2, 0.25) is 0 Å². The van der Waals surface area contributed by atoms with E-state index in [2.05, 4.69) is 5.32 Å². The van der Waals surface area contributed by atoms with E-state index in [-0.39, 0.29) is 13.0 Å². The maximum absolute atomic E-state index is 11.4. The van der Waals surface area contributed by atoms with Crippen LogP contribution in [0.4, 0.5) is 4.79 Å². The van der Waals surface area contributed by atoms with Crippen LogP contribution in [0.2, 0.25) is 0 Å². The quantitative estimate of drug-likeness (QED) is 0.662. The zero-order valence-corrected chi connectivity index (χ0v) is 9.65. The minimum atomic E-state index is -0.730. The summed E-state index contributed by atoms with van der Waals surface area (Å²) in [6.07, 6.45) is -0.922. The number of aliphatic hydroxyl groups excluding tert-OH is 1. The standard InChI is InChI=1S/C10H17NO5/c1-10(2,3)16-9(14)11-7-4-6(5-12)15-8(7)13/h6-7,12H,4-5H2,1-3H3,(H,11,14)/t6-,7+/m1/s1. The van der Waals surface area contributed by atoms with Crippen LogP contribution in [0.25, 0.3) is 0 Å². The van der Waals surface area contributed by atoms with E-state index in [9.17, 15) is 9.59 Å². The minimum absolute atomic E-state index is 0.238. The third-order valence-electron chi connectivity index (χ3n) is 1.96. The smallest absolute Gasteiger partial charge is 0.408 e. The van der Waals surface area contributed by atoms with Gasteiger partial charge in [0.05, 0.1) is 6.61 Å². The van der Waals surface area contributed by atoms with Crippen LogP contribution in [-0.2, 0) is 14.3 Å². The highest BCUT2D eigenvalue weighted by atomic mass is 16.6. The molecule has 92 valence electrons. The summed E-state index contributed by atoms with van der Waals surface area (Å²) in [4.78, 5) is 22.6. The predicted octanol–water partition coefficient (Wildman–Crippen LogP) is 0.188. The summed E-state index contributed by atoms with van der Waals surface area (Å²) in [6, 6.07) is -0.730. The molecule has 1 aliphatic rings. The molecule has 2 N–H and O–H groups in total. The molecular formula is C10H17NO5. The van der Waals surface area contributed by atoms with Gasteiger partial charge < -0.3 is 19.9 Å². The zero-order chi connectivity index (χ0) is 12.3. The molecule has 0 saturated carbocycles. The van der Waals surface area contributed by atoms with E-state index in [4.69, 9.17) is 14.6 Å². The van der Waals surface area contributed by atoms with Crippen molar-refractivity contribution in [1.82, 2.24) is 5.32 Å². The van der Waals surface area contributed by atoms with Crippen LogP contribution in [0.3, 0.4) is 0 Å². The Bertz CT molecular complexity index is 283. The van der Waals surface area contributed by atoms with Gasteiger partial charge in [-0.15, -0.1) is 0 Å². The first-order chi connectivity index (χ1) is 7.31. The van der Waals surface area contributed by atoms with Crippen LogP contribution in [-0.4, -0.2) is 41.5 Å². The summed E-state index contributed by atoms with van der Waals surface area (Å²) < 4.78 is 9.79. The lowest BCUT2D eigenvalue weighted by Gasteiger charge is -2.20. The van der Waals surface area contributed by atoms with Gasteiger partial charge in [-0.05, 0) is 20.8 Å². The number of hydrogen-bond donors (Lipinski definition) is 2. The molecule has 1 aliphatic heterocycles. The Labute approximate surface area is 93.9 Å². The number of esters is 1. The van der Waals surface area contributed by atoms with Gasteiger partial charge in [-0.25, -0.2) is 9.59 Å². The number of amides is 1. The van der Waals surface area contributed by atoms with E-state index in [1.165, 1.54) is 0 Å². The lowest BCUT2D eigenvalue weighted by Crippen LogP contribution is -2.41. The van der Waals surface area contributed by atoms with Gasteiger partial charge in [0, 0.05) is 6.42 Å². The summed E-state index contributed by atoms with van der Waals surface area (Å²) in [5, 5.41) is 11.2. The summed E-state index contributed by atoms with van der Waals surface area (Å²) in [5.41, 5.74) is -0.608. The maximum Gasteiger partial charge on any atom is 0.408 e. The van der Waals surface area contributed by atoms with Crippen molar-refractivity contribution in [2.75, 3.05) is 6.61 Å². The lowest BCUT2D eigenvalue weighted by atomic mass is 10.2. The third-order valence-corrected chi connectivity index (χ3v) is 1.96. The molecule has 1 saturated heterocycles. The number of nitrogens with one attached hydrogen (secondary N) is 1. The number of cyclic esters (lactones) is 1. The van der Waals surface area contributed by atoms with Gasteiger partial charge in [-0.3, -0.25) is 0 Å². The summed E-state index contributed by atoms with van der Waals surface area (Å²) >= 11 is 0. The molecule has 6 nitrogen and oxygen atoms in total. The van der Waals surface area contributed by atoms with E-state index < -0.39 is 29.8 Å². The Morgan fingerprint density at radius 1 is 1.62 bits per heavy atom. The van der Waals surface area contributed by atoms with Crippen molar-refractivity contribution in [3.63, 3.8) is 0 Å². The van der Waals surface area contributed by atoms with E-state index in [0.29, 0.717) is 0 Å². The SMILES string of the molecule is CC(C)(C)OC(=O)N[C@H]1C[C@H](CO)OC1=O. The molecule has 0 spiro atoms. The molecule has 0 aliphatic carbocycles. The molecule has 0 aromatic heterocycles. The molecule has 0 aromatic rings. The third kappa shape index (κ3) is 3.69. The van der Waals surface area contributed by atoms with Crippen LogP contribution in [0, 0.1) is 0 Å². The number of carbonyl (C=O) groups excluding carboxylic acids is 2. The van der Waals surface area contributed by atoms with Crippen LogP contribution >= 0.6 is 0 Å². The number of rotatable bonds is 2. The van der Waals surface area contributed by atoms with Crippen LogP contribution in [0.5, 0.6) is 0 Å². The minimum Gasteiger partial charge on any atom is -0.458 e. The predicted molar refractivity (Wildman–Crippen MR) is 54.7 cm³/mol. The maximum atomic E-state index is 11.4. The topological polar surface area (TPSA) is 84.9 Å². The fourth-order valence-corrected chi connectivity index (χ4v) is 1.33. The fraction of sp³-hybridized carbons (Fsp3) is 0.800. The Morgan fingerprint density at radius 2 is 2.25 bits per heavy atom. The largest absolute Gasteiger partial charge is 0.458 e. The van der Waals surface area contributed by atoms with Crippen molar-refractivity contribution in [2.45, 2.75) is 44.9 Å². The van der Waals surface area contributed by atoms with Crippen molar-refractivity contribution in [3.05, 3.63) is 0 Å². The fourth-order valence-electron chi connectivity index (χ4n) is 1.33. The average Bonchev–Trinajstić information content (AvgIpc) is 2.44. The second kappa shape index (κ2) is 4.69. The highest BCUT2D eigenvalue weighted by Crippen LogP contribution is 2.15. The van der Waals surface area contributed by atoms with Crippen molar-refractivity contribution in [1.29, 1.82) is 0 Å².